The molecule has 1 fully saturated rings. The van der Waals surface area contributed by atoms with E-state index in [1.54, 1.807) is 13.8 Å². The number of ether oxygens (including phenoxy) is 2. The molecule has 1 aliphatic heterocycles. The van der Waals surface area contributed by atoms with Gasteiger partial charge in [-0.1, -0.05) is 0 Å². The van der Waals surface area contributed by atoms with Gasteiger partial charge in [-0.15, -0.1) is 0 Å². The molecule has 3 N–H and O–H groups in total. The van der Waals surface area contributed by atoms with Crippen LogP contribution in [0.1, 0.15) is 13.8 Å². The Morgan fingerprint density at radius 3 is 2.55 bits per heavy atom. The number of aliphatic hydroxyl groups excluding tert-OH is 1. The van der Waals surface area contributed by atoms with E-state index >= 15 is 0 Å². The molecule has 0 aliphatic carbocycles. The lowest BCUT2D eigenvalue weighted by Crippen LogP contribution is -2.39. The second-order valence-corrected chi connectivity index (χ2v) is 3.25. The van der Waals surface area contributed by atoms with Crippen molar-refractivity contribution < 1.29 is 14.6 Å². The molecule has 0 spiro atoms. The van der Waals surface area contributed by atoms with Crippen molar-refractivity contribution in [2.24, 2.45) is 5.73 Å². The third-order valence-corrected chi connectivity index (χ3v) is 1.72. The van der Waals surface area contributed by atoms with Crippen LogP contribution < -0.4 is 5.73 Å². The minimum atomic E-state index is -0.616. The molecule has 2 unspecified atom stereocenters. The molecule has 0 aromatic carbocycles. The second-order valence-electron chi connectivity index (χ2n) is 3.25. The maximum Gasteiger partial charge on any atom is 0.162 e. The summed E-state index contributed by atoms with van der Waals surface area (Å²) in [4.78, 5) is 0. The highest BCUT2D eigenvalue weighted by molar-refractivity contribution is 4.75. The van der Waals surface area contributed by atoms with Gasteiger partial charge in [0.2, 0.25) is 0 Å². The number of aliphatic hydroxyl groups is 1. The molecule has 66 valence electrons. The quantitative estimate of drug-likeness (QED) is 0.500. The van der Waals surface area contributed by atoms with Crippen molar-refractivity contribution in [1.82, 2.24) is 0 Å². The average molecular weight is 161 g/mol. The SMILES string of the molecule is CC1(C)OCC(N)C(O)CO1. The molecular formula is C7H15NO3. The first-order chi connectivity index (χ1) is 5.01. The van der Waals surface area contributed by atoms with Gasteiger partial charge in [-0.25, -0.2) is 0 Å². The lowest BCUT2D eigenvalue weighted by Gasteiger charge is -2.22. The minimum Gasteiger partial charge on any atom is -0.389 e. The molecule has 0 aromatic heterocycles. The van der Waals surface area contributed by atoms with Gasteiger partial charge >= 0.3 is 0 Å². The van der Waals surface area contributed by atoms with E-state index in [9.17, 15) is 5.11 Å². The Morgan fingerprint density at radius 2 is 1.91 bits per heavy atom. The van der Waals surface area contributed by atoms with Crippen LogP contribution in [-0.4, -0.2) is 36.3 Å². The Labute approximate surface area is 66.3 Å². The molecule has 1 aliphatic rings. The van der Waals surface area contributed by atoms with Crippen molar-refractivity contribution in [2.45, 2.75) is 31.8 Å². The summed E-state index contributed by atoms with van der Waals surface area (Å²) in [5, 5.41) is 9.26. The van der Waals surface area contributed by atoms with Crippen molar-refractivity contribution in [3.05, 3.63) is 0 Å². The molecule has 1 rings (SSSR count). The molecule has 0 radical (unpaired) electrons. The van der Waals surface area contributed by atoms with Gasteiger partial charge in [0.25, 0.3) is 0 Å². The van der Waals surface area contributed by atoms with Gasteiger partial charge in [0.15, 0.2) is 5.79 Å². The second kappa shape index (κ2) is 3.06. The third-order valence-electron chi connectivity index (χ3n) is 1.72. The molecule has 2 atom stereocenters. The highest BCUT2D eigenvalue weighted by Crippen LogP contribution is 2.16. The zero-order chi connectivity index (χ0) is 8.48. The van der Waals surface area contributed by atoms with E-state index in [2.05, 4.69) is 0 Å². The Hall–Kier alpha value is -0.160. The Kier molecular flexibility index (Phi) is 2.49. The molecular weight excluding hydrogens is 146 g/mol. The molecule has 4 nitrogen and oxygen atoms in total. The molecule has 0 saturated carbocycles. The van der Waals surface area contributed by atoms with Crippen LogP contribution in [0, 0.1) is 0 Å². The fourth-order valence-electron chi connectivity index (χ4n) is 0.859. The monoisotopic (exact) mass is 161 g/mol. The number of rotatable bonds is 0. The number of nitrogens with two attached hydrogens (primary N) is 1. The topological polar surface area (TPSA) is 64.7 Å². The Morgan fingerprint density at radius 1 is 1.36 bits per heavy atom. The maximum atomic E-state index is 9.26. The van der Waals surface area contributed by atoms with Crippen LogP contribution in [0.2, 0.25) is 0 Å². The summed E-state index contributed by atoms with van der Waals surface area (Å²) in [5.41, 5.74) is 5.54. The summed E-state index contributed by atoms with van der Waals surface area (Å²) < 4.78 is 10.5. The van der Waals surface area contributed by atoms with Crippen LogP contribution in [-0.2, 0) is 9.47 Å². The van der Waals surface area contributed by atoms with Gasteiger partial charge in [-0.2, -0.15) is 0 Å². The van der Waals surface area contributed by atoms with E-state index in [1.165, 1.54) is 0 Å². The summed E-state index contributed by atoms with van der Waals surface area (Å²) in [7, 11) is 0. The lowest BCUT2D eigenvalue weighted by molar-refractivity contribution is -0.203. The first kappa shape index (κ1) is 8.93. The lowest BCUT2D eigenvalue weighted by atomic mass is 10.2. The zero-order valence-corrected chi connectivity index (χ0v) is 6.91. The molecule has 0 amide bonds. The van der Waals surface area contributed by atoms with Crippen LogP contribution in [0.3, 0.4) is 0 Å². The summed E-state index contributed by atoms with van der Waals surface area (Å²) >= 11 is 0. The van der Waals surface area contributed by atoms with E-state index in [4.69, 9.17) is 15.2 Å². The highest BCUT2D eigenvalue weighted by Gasteiger charge is 2.28. The minimum absolute atomic E-state index is 0.244. The summed E-state index contributed by atoms with van der Waals surface area (Å²) in [6.45, 7) is 4.19. The highest BCUT2D eigenvalue weighted by atomic mass is 16.7. The van der Waals surface area contributed by atoms with Crippen molar-refractivity contribution >= 4 is 0 Å². The molecule has 0 aromatic rings. The predicted molar refractivity (Wildman–Crippen MR) is 40.0 cm³/mol. The largest absolute Gasteiger partial charge is 0.389 e. The summed E-state index contributed by atoms with van der Waals surface area (Å²) in [6, 6.07) is -0.336. The first-order valence-electron chi connectivity index (χ1n) is 3.73. The van der Waals surface area contributed by atoms with E-state index in [0.29, 0.717) is 6.61 Å². The molecule has 4 heteroatoms. The van der Waals surface area contributed by atoms with Crippen molar-refractivity contribution in [3.8, 4) is 0 Å². The van der Waals surface area contributed by atoms with Gasteiger partial charge in [0.05, 0.1) is 25.4 Å². The summed E-state index contributed by atoms with van der Waals surface area (Å²) in [6.07, 6.45) is -0.614. The Bertz CT molecular complexity index is 124. The van der Waals surface area contributed by atoms with Gasteiger partial charge in [0.1, 0.15) is 0 Å². The van der Waals surface area contributed by atoms with Crippen LogP contribution >= 0.6 is 0 Å². The number of hydrogen-bond acceptors (Lipinski definition) is 4. The maximum absolute atomic E-state index is 9.26. The van der Waals surface area contributed by atoms with Gasteiger partial charge in [0, 0.05) is 0 Å². The van der Waals surface area contributed by atoms with Crippen LogP contribution in [0.25, 0.3) is 0 Å². The molecule has 11 heavy (non-hydrogen) atoms. The van der Waals surface area contributed by atoms with E-state index in [-0.39, 0.29) is 12.6 Å². The smallest absolute Gasteiger partial charge is 0.162 e. The normalized spacial score (nSPS) is 38.2. The van der Waals surface area contributed by atoms with Crippen LogP contribution in [0.4, 0.5) is 0 Å². The molecule has 1 saturated heterocycles. The molecule has 1 heterocycles. The van der Waals surface area contributed by atoms with E-state index in [1.807, 2.05) is 0 Å². The fourth-order valence-corrected chi connectivity index (χ4v) is 0.859. The van der Waals surface area contributed by atoms with Crippen molar-refractivity contribution in [1.29, 1.82) is 0 Å². The van der Waals surface area contributed by atoms with Gasteiger partial charge in [-0.3, -0.25) is 0 Å². The fraction of sp³-hybridized carbons (Fsp3) is 1.00. The van der Waals surface area contributed by atoms with Gasteiger partial charge in [-0.05, 0) is 13.8 Å². The van der Waals surface area contributed by atoms with Crippen molar-refractivity contribution in [3.63, 3.8) is 0 Å². The standard InChI is InChI=1S/C7H15NO3/c1-7(2)10-3-5(8)6(9)4-11-7/h5-6,9H,3-4,8H2,1-2H3. The summed E-state index contributed by atoms with van der Waals surface area (Å²) in [5.74, 6) is -0.616. The van der Waals surface area contributed by atoms with E-state index < -0.39 is 11.9 Å². The third kappa shape index (κ3) is 2.41. The average Bonchev–Trinajstić information content (AvgIpc) is 2.03. The van der Waals surface area contributed by atoms with Crippen molar-refractivity contribution in [2.75, 3.05) is 13.2 Å². The van der Waals surface area contributed by atoms with Gasteiger partial charge < -0.3 is 20.3 Å². The zero-order valence-electron chi connectivity index (χ0n) is 6.91. The molecule has 0 bridgehead atoms. The van der Waals surface area contributed by atoms with E-state index in [0.717, 1.165) is 0 Å². The Balaban J connectivity index is 2.51. The van der Waals surface area contributed by atoms with Crippen LogP contribution in [0.5, 0.6) is 0 Å². The van der Waals surface area contributed by atoms with Crippen LogP contribution in [0.15, 0.2) is 0 Å². The number of hydrogen-bond donors (Lipinski definition) is 2. The predicted octanol–water partition coefficient (Wildman–Crippen LogP) is -0.542. The first-order valence-corrected chi connectivity index (χ1v) is 3.73.